The first-order chi connectivity index (χ1) is 15.3. The van der Waals surface area contributed by atoms with Crippen molar-refractivity contribution in [1.29, 1.82) is 0 Å². The van der Waals surface area contributed by atoms with E-state index in [9.17, 15) is 18.7 Å². The Balaban J connectivity index is 1.87. The number of imidazole rings is 1. The summed E-state index contributed by atoms with van der Waals surface area (Å²) in [6.07, 6.45) is 1.42. The van der Waals surface area contributed by atoms with Gasteiger partial charge >= 0.3 is 0 Å². The van der Waals surface area contributed by atoms with Crippen LogP contribution in [0.3, 0.4) is 0 Å². The van der Waals surface area contributed by atoms with Gasteiger partial charge < -0.3 is 20.9 Å². The molecule has 1 atom stereocenters. The number of aryl methyl sites for hydroxylation is 2. The van der Waals surface area contributed by atoms with Crippen LogP contribution in [0.15, 0.2) is 24.4 Å². The maximum Gasteiger partial charge on any atom is 0.270 e. The largest absolute Gasteiger partial charge is 0.470 e. The molecule has 0 bridgehead atoms. The second kappa shape index (κ2) is 9.11. The summed E-state index contributed by atoms with van der Waals surface area (Å²) in [5.74, 6) is -1.97. The van der Waals surface area contributed by atoms with Crippen LogP contribution in [0.2, 0.25) is 0 Å². The summed E-state index contributed by atoms with van der Waals surface area (Å²) in [6, 6.07) is 3.52. The molecule has 33 heavy (non-hydrogen) atoms. The molecule has 4 radical (unpaired) electrons. The Morgan fingerprint density at radius 3 is 2.52 bits per heavy atom. The van der Waals surface area contributed by atoms with Crippen molar-refractivity contribution in [2.75, 3.05) is 6.54 Å². The third-order valence-corrected chi connectivity index (χ3v) is 4.84. The highest BCUT2D eigenvalue weighted by Gasteiger charge is 2.28. The SMILES string of the molecule is [B]C([B])(O)CC(C)(N)CNC(=O)c1c(C)nc2c(OCc3c(F)cccc3F)nc(C)cn12. The average Bonchev–Trinajstić information content (AvgIpc) is 2.99. The van der Waals surface area contributed by atoms with Gasteiger partial charge in [-0.1, -0.05) is 6.07 Å². The van der Waals surface area contributed by atoms with Crippen molar-refractivity contribution < 1.29 is 23.4 Å². The van der Waals surface area contributed by atoms with Crippen LogP contribution in [0.25, 0.3) is 5.65 Å². The first-order valence-electron chi connectivity index (χ1n) is 10.1. The van der Waals surface area contributed by atoms with Crippen LogP contribution in [-0.4, -0.2) is 58.6 Å². The Morgan fingerprint density at radius 2 is 1.91 bits per heavy atom. The molecule has 0 aliphatic heterocycles. The molecule has 2 heterocycles. The number of carbonyl (C=O) groups excluding carboxylic acids is 1. The van der Waals surface area contributed by atoms with Crippen molar-refractivity contribution in [3.63, 3.8) is 0 Å². The minimum Gasteiger partial charge on any atom is -0.470 e. The molecule has 1 amide bonds. The molecule has 3 aromatic rings. The molecular weight excluding hydrogens is 430 g/mol. The molecule has 0 fully saturated rings. The van der Waals surface area contributed by atoms with Gasteiger partial charge in [0.15, 0.2) is 0 Å². The van der Waals surface area contributed by atoms with Crippen LogP contribution in [0.1, 0.15) is 40.8 Å². The highest BCUT2D eigenvalue weighted by molar-refractivity contribution is 6.38. The summed E-state index contributed by atoms with van der Waals surface area (Å²) < 4.78 is 35.0. The van der Waals surface area contributed by atoms with E-state index in [1.165, 1.54) is 10.5 Å². The maximum absolute atomic E-state index is 13.9. The lowest BCUT2D eigenvalue weighted by molar-refractivity contribution is 0.0927. The predicted molar refractivity (Wildman–Crippen MR) is 119 cm³/mol. The maximum atomic E-state index is 13.9. The van der Waals surface area contributed by atoms with Gasteiger partial charge in [0, 0.05) is 18.3 Å². The summed E-state index contributed by atoms with van der Waals surface area (Å²) in [5.41, 5.74) is 6.00. The number of aromatic nitrogens is 3. The van der Waals surface area contributed by atoms with Gasteiger partial charge in [0.1, 0.15) is 23.9 Å². The number of ether oxygens (including phenoxy) is 1. The molecule has 0 saturated heterocycles. The number of fused-ring (bicyclic) bond motifs is 1. The predicted octanol–water partition coefficient (Wildman–Crippen LogP) is 1.02. The number of amides is 1. The van der Waals surface area contributed by atoms with Crippen LogP contribution < -0.4 is 15.8 Å². The van der Waals surface area contributed by atoms with Crippen LogP contribution in [0, 0.1) is 25.5 Å². The Morgan fingerprint density at radius 1 is 1.27 bits per heavy atom. The van der Waals surface area contributed by atoms with Crippen molar-refractivity contribution in [1.82, 2.24) is 19.7 Å². The van der Waals surface area contributed by atoms with Gasteiger partial charge in [-0.05, 0) is 44.7 Å². The van der Waals surface area contributed by atoms with E-state index >= 15 is 0 Å². The number of benzene rings is 1. The van der Waals surface area contributed by atoms with Gasteiger partial charge in [0.05, 0.1) is 32.6 Å². The van der Waals surface area contributed by atoms with Crippen LogP contribution in [-0.2, 0) is 6.61 Å². The monoisotopic (exact) mass is 453 g/mol. The summed E-state index contributed by atoms with van der Waals surface area (Å²) >= 11 is 0. The molecule has 12 heteroatoms. The highest BCUT2D eigenvalue weighted by atomic mass is 19.1. The fourth-order valence-corrected chi connectivity index (χ4v) is 3.50. The lowest BCUT2D eigenvalue weighted by Gasteiger charge is -2.32. The van der Waals surface area contributed by atoms with Gasteiger partial charge in [0.2, 0.25) is 5.65 Å². The molecule has 2 aromatic heterocycles. The van der Waals surface area contributed by atoms with Crippen molar-refractivity contribution in [3.05, 3.63) is 58.7 Å². The van der Waals surface area contributed by atoms with Crippen LogP contribution in [0.4, 0.5) is 8.78 Å². The Kier molecular flexibility index (Phi) is 6.80. The normalized spacial score (nSPS) is 13.7. The molecule has 1 aromatic carbocycles. The van der Waals surface area contributed by atoms with Gasteiger partial charge in [-0.15, -0.1) is 0 Å². The molecule has 0 aliphatic carbocycles. The number of hydrogen-bond donors (Lipinski definition) is 3. The van der Waals surface area contributed by atoms with E-state index in [2.05, 4.69) is 15.3 Å². The Bertz CT molecular complexity index is 1170. The van der Waals surface area contributed by atoms with Crippen LogP contribution in [0.5, 0.6) is 5.88 Å². The molecule has 8 nitrogen and oxygen atoms in total. The molecule has 4 N–H and O–H groups in total. The van der Waals surface area contributed by atoms with E-state index < -0.39 is 35.1 Å². The topological polar surface area (TPSA) is 115 Å². The molecular formula is C21H23B2F2N5O3. The van der Waals surface area contributed by atoms with E-state index in [0.717, 1.165) is 12.1 Å². The third-order valence-electron chi connectivity index (χ3n) is 4.84. The second-order valence-electron chi connectivity index (χ2n) is 8.42. The summed E-state index contributed by atoms with van der Waals surface area (Å²) in [7, 11) is 10.8. The van der Waals surface area contributed by atoms with E-state index in [-0.39, 0.29) is 35.8 Å². The minimum absolute atomic E-state index is 0.0137. The van der Waals surface area contributed by atoms with E-state index in [4.69, 9.17) is 26.2 Å². The summed E-state index contributed by atoms with van der Waals surface area (Å²) in [4.78, 5) is 21.5. The Labute approximate surface area is 192 Å². The molecule has 0 aliphatic rings. The van der Waals surface area contributed by atoms with Gasteiger partial charge in [-0.3, -0.25) is 9.20 Å². The number of nitrogens with one attached hydrogen (secondary N) is 1. The zero-order valence-corrected chi connectivity index (χ0v) is 18.5. The van der Waals surface area contributed by atoms with Gasteiger partial charge in [0.25, 0.3) is 11.8 Å². The number of rotatable bonds is 8. The quantitative estimate of drug-likeness (QED) is 0.439. The van der Waals surface area contributed by atoms with Crippen molar-refractivity contribution in [3.8, 4) is 5.88 Å². The van der Waals surface area contributed by atoms with E-state index in [1.807, 2.05) is 0 Å². The second-order valence-corrected chi connectivity index (χ2v) is 8.42. The average molecular weight is 453 g/mol. The lowest BCUT2D eigenvalue weighted by Crippen LogP contribution is -2.53. The molecule has 0 saturated carbocycles. The zero-order chi connectivity index (χ0) is 24.6. The number of aliphatic hydroxyl groups is 1. The van der Waals surface area contributed by atoms with Crippen molar-refractivity contribution in [2.45, 2.75) is 44.7 Å². The Hall–Kier alpha value is -2.98. The van der Waals surface area contributed by atoms with E-state index in [0.29, 0.717) is 11.4 Å². The smallest absolute Gasteiger partial charge is 0.270 e. The summed E-state index contributed by atoms with van der Waals surface area (Å²) in [5, 5.41) is 10.3. The van der Waals surface area contributed by atoms with Crippen LogP contribution >= 0.6 is 0 Å². The number of nitrogens with two attached hydrogens (primary N) is 1. The minimum atomic E-state index is -1.99. The van der Waals surface area contributed by atoms with Gasteiger partial charge in [-0.25, -0.2) is 18.7 Å². The number of nitrogens with zero attached hydrogens (tertiary/aromatic N) is 3. The van der Waals surface area contributed by atoms with E-state index in [1.54, 1.807) is 27.0 Å². The fraction of sp³-hybridized carbons (Fsp3) is 0.381. The molecule has 0 spiro atoms. The molecule has 1 unspecified atom stereocenters. The molecule has 170 valence electrons. The van der Waals surface area contributed by atoms with Crippen molar-refractivity contribution >= 4 is 27.2 Å². The standard InChI is InChI=1S/C21H23B2F2N5O3/c1-11-7-30-16(18(31)27-10-20(3,26)9-21(22,23)32)12(2)29-17(30)19(28-11)33-8-13-14(24)5-4-6-15(13)25/h4-7,32H,8-10,26H2,1-3H3,(H,27,31). The highest BCUT2D eigenvalue weighted by Crippen LogP contribution is 2.23. The first-order valence-corrected chi connectivity index (χ1v) is 10.1. The first kappa shape index (κ1) is 24.7. The fourth-order valence-electron chi connectivity index (χ4n) is 3.50. The van der Waals surface area contributed by atoms with Crippen molar-refractivity contribution in [2.24, 2.45) is 5.73 Å². The third kappa shape index (κ3) is 5.88. The lowest BCUT2D eigenvalue weighted by atomic mass is 9.60. The zero-order valence-electron chi connectivity index (χ0n) is 18.5. The molecule has 3 rings (SSSR count). The summed E-state index contributed by atoms with van der Waals surface area (Å²) in [6.45, 7) is 4.44. The number of hydrogen-bond acceptors (Lipinski definition) is 6. The number of carbonyl (C=O) groups is 1. The number of halogens is 2. The van der Waals surface area contributed by atoms with Gasteiger partial charge in [-0.2, -0.15) is 0 Å².